The second kappa shape index (κ2) is 44.9. The second-order valence-electron chi connectivity index (χ2n) is 33.5. The third-order valence-electron chi connectivity index (χ3n) is 19.7. The van der Waals surface area contributed by atoms with E-state index in [0.29, 0.717) is 113 Å². The fourth-order valence-corrected chi connectivity index (χ4v) is 13.7. The molecule has 5 aliphatic heterocycles. The van der Waals surface area contributed by atoms with Gasteiger partial charge in [0.15, 0.2) is 29.3 Å². The molecule has 5 fully saturated rings. The Morgan fingerprint density at radius 3 is 1.04 bits per heavy atom. The van der Waals surface area contributed by atoms with Gasteiger partial charge in [0.1, 0.15) is 63.4 Å². The lowest BCUT2D eigenvalue weighted by molar-refractivity contribution is 0.0277. The Hall–Kier alpha value is -12.2. The summed E-state index contributed by atoms with van der Waals surface area (Å²) in [7, 11) is 0. The molecule has 0 unspecified atom stereocenters. The molecule has 32 heteroatoms. The summed E-state index contributed by atoms with van der Waals surface area (Å²) < 4.78 is 85.3. The van der Waals surface area contributed by atoms with E-state index in [9.17, 15) is 60.3 Å². The molecule has 5 atom stereocenters. The van der Waals surface area contributed by atoms with Crippen LogP contribution in [0.15, 0.2) is 146 Å². The number of benzene rings is 5. The predicted molar refractivity (Wildman–Crippen MR) is 447 cm³/mol. The number of carbonyl (C=O) groups excluding carboxylic acids is 7. The number of nitrogens with two attached hydrogens (primary N) is 3. The van der Waals surface area contributed by atoms with Crippen LogP contribution in [0.25, 0.3) is 0 Å². The first-order valence-electron chi connectivity index (χ1n) is 40.4. The molecule has 3 aromatic heterocycles. The van der Waals surface area contributed by atoms with E-state index in [1.807, 2.05) is 62.3 Å². The zero-order valence-electron chi connectivity index (χ0n) is 70.3. The van der Waals surface area contributed by atoms with E-state index < -0.39 is 51.9 Å². The molecule has 650 valence electrons. The van der Waals surface area contributed by atoms with Gasteiger partial charge in [-0.05, 0) is 239 Å². The first kappa shape index (κ1) is 95.2. The molecule has 0 spiro atoms. The summed E-state index contributed by atoms with van der Waals surface area (Å²) in [4.78, 5) is 126. The summed E-state index contributed by atoms with van der Waals surface area (Å²) in [6.07, 6.45) is 17.4. The van der Waals surface area contributed by atoms with Gasteiger partial charge in [0.25, 0.3) is 0 Å². The number of carbonyl (C=O) groups is 8. The van der Waals surface area contributed by atoms with Crippen molar-refractivity contribution in [2.45, 2.75) is 162 Å². The summed E-state index contributed by atoms with van der Waals surface area (Å²) in [5, 5.41) is 20.4. The Labute approximate surface area is 707 Å². The average molecular weight is 1690 g/mol. The molecule has 13 rings (SSSR count). The van der Waals surface area contributed by atoms with Gasteiger partial charge < -0.3 is 61.4 Å². The number of likely N-dealkylation sites (tertiary alicyclic amines) is 4. The van der Waals surface area contributed by atoms with Crippen molar-refractivity contribution >= 4 is 58.8 Å². The Morgan fingerprint density at radius 2 is 0.746 bits per heavy atom. The SMILES string of the molecule is CC(C)(C)OC(=O)N1CC[C@@H](CC(=O)c2ccc(Cc3ncccn3)cc2F)C1.CC(C)(C)OC(=O)N1CC[C@@H](CC(=O)c2ccc(N)cc2F)C1.CC(C)(C)OC(=O)N1CC[C@@H](N)C1.N#CN1CC[C@@H](CC(=O)c2ccc(Cc3ncccn3)cc2F)C1.Nc1ccc(C(=O)O)c(F)c1.O=C(C[C@@H]1CCNC1)c1ccc(Cc2ncccn2)cc1F. The summed E-state index contributed by atoms with van der Waals surface area (Å²) in [5.41, 5.74) is 17.6. The normalized spacial score (nSPS) is 17.2. The number of ketones is 4. The van der Waals surface area contributed by atoms with Crippen LogP contribution in [0.1, 0.15) is 206 Å². The number of hydrogen-bond acceptors (Lipinski definition) is 23. The highest BCUT2D eigenvalue weighted by Crippen LogP contribution is 2.30. The third-order valence-corrected chi connectivity index (χ3v) is 19.7. The van der Waals surface area contributed by atoms with Gasteiger partial charge in [-0.3, -0.25) is 19.2 Å². The fraction of sp³-hybridized carbons (Fsp3) is 0.433. The summed E-state index contributed by atoms with van der Waals surface area (Å²) in [5.74, 6) is -2.73. The lowest BCUT2D eigenvalue weighted by Crippen LogP contribution is -2.36. The minimum absolute atomic E-state index is 0.00631. The van der Waals surface area contributed by atoms with Crippen LogP contribution in [-0.2, 0) is 33.5 Å². The van der Waals surface area contributed by atoms with Crippen molar-refractivity contribution in [3.63, 3.8) is 0 Å². The Morgan fingerprint density at radius 1 is 0.434 bits per heavy atom. The molecule has 0 radical (unpaired) electrons. The molecular weight excluding hydrogens is 1580 g/mol. The second-order valence-corrected chi connectivity index (χ2v) is 33.5. The number of ether oxygens (including phenoxy) is 3. The van der Waals surface area contributed by atoms with Gasteiger partial charge in [-0.15, -0.1) is 0 Å². The Kier molecular flexibility index (Phi) is 35.0. The first-order chi connectivity index (χ1) is 57.7. The summed E-state index contributed by atoms with van der Waals surface area (Å²) >= 11 is 0. The van der Waals surface area contributed by atoms with Crippen LogP contribution in [0.3, 0.4) is 0 Å². The smallest absolute Gasteiger partial charge is 0.410 e. The van der Waals surface area contributed by atoms with E-state index in [1.54, 1.807) is 99.2 Å². The summed E-state index contributed by atoms with van der Waals surface area (Å²) in [6, 6.07) is 26.9. The number of hydrogen-bond donors (Lipinski definition) is 5. The number of rotatable bonds is 19. The van der Waals surface area contributed by atoms with Gasteiger partial charge >= 0.3 is 24.2 Å². The molecule has 27 nitrogen and oxygen atoms in total. The van der Waals surface area contributed by atoms with Crippen molar-refractivity contribution in [3.05, 3.63) is 237 Å². The average Bonchev–Trinajstić information content (AvgIpc) is 1.13. The number of carboxylic acids is 1. The molecule has 8 N–H and O–H groups in total. The molecule has 0 saturated carbocycles. The quantitative estimate of drug-likeness (QED) is 0.0165. The minimum Gasteiger partial charge on any atom is -0.478 e. The van der Waals surface area contributed by atoms with Crippen LogP contribution >= 0.6 is 0 Å². The molecule has 8 aromatic rings. The topological polar surface area (TPSA) is 389 Å². The monoisotopic (exact) mass is 1690 g/mol. The van der Waals surface area contributed by atoms with Gasteiger partial charge in [-0.25, -0.2) is 71.0 Å². The predicted octanol–water partition coefficient (Wildman–Crippen LogP) is 14.3. The van der Waals surface area contributed by atoms with Crippen LogP contribution in [0.2, 0.25) is 0 Å². The molecule has 122 heavy (non-hydrogen) atoms. The number of nitriles is 1. The number of aromatic carboxylic acids is 1. The number of aromatic nitrogens is 6. The van der Waals surface area contributed by atoms with Crippen molar-refractivity contribution in [1.82, 2.24) is 54.8 Å². The molecule has 5 aromatic carbocycles. The van der Waals surface area contributed by atoms with E-state index in [1.165, 1.54) is 48.5 Å². The zero-order chi connectivity index (χ0) is 89.0. The summed E-state index contributed by atoms with van der Waals surface area (Å²) in [6.45, 7) is 22.9. The van der Waals surface area contributed by atoms with E-state index in [-0.39, 0.29) is 124 Å². The highest BCUT2D eigenvalue weighted by atomic mass is 19.1. The molecule has 8 heterocycles. The maximum absolute atomic E-state index is 14.5. The number of nitrogen functional groups attached to an aromatic ring is 2. The lowest BCUT2D eigenvalue weighted by atomic mass is 9.96. The standard InChI is InChI=1S/C22H26FN3O3.C18H17FN4O.C17H18FN3O.C17H23FN2O3.C9H18N2O2.C7H6FNO2/c1-22(2,3)29-21(28)26-10-7-16(14-26)12-19(27)17-6-5-15(11-18(17)23)13-20-24-8-4-9-25-20;19-16-8-13(10-18-21-5-1-6-22-18)2-3-15(16)17(24)9-14-4-7-23(11-14)12-20;18-15-8-12(10-17-20-5-1-6-21-17)2-3-14(15)16(22)9-13-4-7-19-11-13;1-17(2,3)23-16(22)20-7-6-11(10-20)8-15(21)13-5-4-12(19)9-14(13)18;1-9(2,3)13-8(12)11-5-4-7(10)6-11;8-6-3-4(9)1-2-5(6)7(10)11/h4-6,8-9,11,16H,7,10,12-14H2,1-3H3;1-3,5-6,8,14H,4,7,9-11H2;1-3,5-6,8,13,19H,4,7,9-11H2;4-5,9,11H,6-8,10,19H2,1-3H3;7H,4-6,10H2,1-3H3;1-3H,9H2,(H,10,11)/t16-;14-;13-;11-;7-;/m00001./s1. The molecule has 5 saturated heterocycles. The minimum atomic E-state index is -1.29. The number of nitrogens with one attached hydrogen (secondary N) is 1. The van der Waals surface area contributed by atoms with Gasteiger partial charge in [-0.2, -0.15) is 5.26 Å². The van der Waals surface area contributed by atoms with Crippen molar-refractivity contribution < 1.29 is 79.6 Å². The number of anilines is 2. The van der Waals surface area contributed by atoms with Gasteiger partial charge in [-0.1, -0.05) is 18.2 Å². The highest BCUT2D eigenvalue weighted by Gasteiger charge is 2.35. The van der Waals surface area contributed by atoms with Crippen LogP contribution in [0, 0.1) is 64.2 Å². The van der Waals surface area contributed by atoms with E-state index in [0.717, 1.165) is 68.2 Å². The lowest BCUT2D eigenvalue weighted by Gasteiger charge is -2.24. The number of amides is 3. The van der Waals surface area contributed by atoms with E-state index >= 15 is 0 Å². The maximum Gasteiger partial charge on any atom is 0.410 e. The van der Waals surface area contributed by atoms with E-state index in [2.05, 4.69) is 41.4 Å². The molecule has 0 bridgehead atoms. The van der Waals surface area contributed by atoms with Gasteiger partial charge in [0, 0.05) is 152 Å². The third kappa shape index (κ3) is 31.7. The number of nitrogens with zero attached hydrogens (tertiary/aromatic N) is 11. The number of halogens is 5. The van der Waals surface area contributed by atoms with Gasteiger partial charge in [0.05, 0.1) is 27.8 Å². The number of carboxylic acid groups (broad SMARTS) is 1. The van der Waals surface area contributed by atoms with Gasteiger partial charge in [0.2, 0.25) is 0 Å². The van der Waals surface area contributed by atoms with Crippen LogP contribution in [0.4, 0.5) is 47.7 Å². The molecule has 0 aliphatic carbocycles. The molecular formula is C90H108F5N15O12. The highest BCUT2D eigenvalue weighted by molar-refractivity contribution is 5.98. The van der Waals surface area contributed by atoms with Crippen LogP contribution in [0.5, 0.6) is 0 Å². The Bertz CT molecular complexity index is 4930. The van der Waals surface area contributed by atoms with Crippen molar-refractivity contribution in [2.24, 2.45) is 29.4 Å². The van der Waals surface area contributed by atoms with Crippen LogP contribution < -0.4 is 22.5 Å². The maximum atomic E-state index is 14.5. The van der Waals surface area contributed by atoms with Crippen molar-refractivity contribution in [1.29, 1.82) is 5.26 Å². The Balaban J connectivity index is 0.000000186. The molecule has 5 aliphatic rings. The van der Waals surface area contributed by atoms with E-state index in [4.69, 9.17) is 41.8 Å². The van der Waals surface area contributed by atoms with Crippen molar-refractivity contribution in [3.8, 4) is 6.19 Å². The fourth-order valence-electron chi connectivity index (χ4n) is 13.7. The molecule has 3 amide bonds. The zero-order valence-corrected chi connectivity index (χ0v) is 70.3. The van der Waals surface area contributed by atoms with Crippen LogP contribution in [-0.4, -0.2) is 190 Å². The van der Waals surface area contributed by atoms with Crippen molar-refractivity contribution in [2.75, 3.05) is 76.9 Å². The largest absolute Gasteiger partial charge is 0.478 e. The first-order valence-corrected chi connectivity index (χ1v) is 40.4. The number of Topliss-reactive ketones (excluding diaryl/α,β-unsaturated/α-hetero) is 4.